The number of aromatic nitrogens is 3. The lowest BCUT2D eigenvalue weighted by atomic mass is 10.00. The van der Waals surface area contributed by atoms with Crippen molar-refractivity contribution >= 4 is 22.6 Å². The van der Waals surface area contributed by atoms with Gasteiger partial charge < -0.3 is 14.8 Å². The molecule has 1 N–H and O–H groups in total. The molecule has 2 aromatic rings. The van der Waals surface area contributed by atoms with Crippen LogP contribution in [0.1, 0.15) is 54.2 Å². The van der Waals surface area contributed by atoms with Gasteiger partial charge in [0.15, 0.2) is 0 Å². The molecular weight excluding hydrogens is 310 g/mol. The number of anilines is 1. The molecule has 2 aromatic heterocycles. The van der Waals surface area contributed by atoms with Crippen LogP contribution < -0.4 is 10.2 Å². The van der Waals surface area contributed by atoms with Crippen molar-refractivity contribution in [2.75, 3.05) is 18.5 Å². The minimum Gasteiger partial charge on any atom is -0.354 e. The number of nitrogens with one attached hydrogen (secondary N) is 1. The molecule has 1 fully saturated rings. The average molecular weight is 333 g/mol. The molecule has 0 bridgehead atoms. The number of rotatable bonds is 4. The number of aryl methyl sites for hydroxylation is 1. The fraction of sp³-hybridized carbons (Fsp3) is 0.562. The fourth-order valence-corrected chi connectivity index (χ4v) is 4.02. The average Bonchev–Trinajstić information content (AvgIpc) is 3.21. The van der Waals surface area contributed by atoms with E-state index in [4.69, 9.17) is 0 Å². The van der Waals surface area contributed by atoms with Crippen LogP contribution in [0.25, 0.3) is 0 Å². The molecule has 0 aromatic carbocycles. The molecule has 1 aliphatic heterocycles. The van der Waals surface area contributed by atoms with Crippen molar-refractivity contribution < 1.29 is 4.79 Å². The highest BCUT2D eigenvalue weighted by molar-refractivity contribution is 7.09. The van der Waals surface area contributed by atoms with E-state index in [2.05, 4.69) is 32.6 Å². The van der Waals surface area contributed by atoms with E-state index < -0.39 is 0 Å². The molecule has 0 radical (unpaired) electrons. The zero-order chi connectivity index (χ0) is 16.4. The monoisotopic (exact) mass is 333 g/mol. The highest BCUT2D eigenvalue weighted by atomic mass is 32.1. The van der Waals surface area contributed by atoms with E-state index in [9.17, 15) is 4.79 Å². The van der Waals surface area contributed by atoms with Crippen molar-refractivity contribution in [3.63, 3.8) is 0 Å². The van der Waals surface area contributed by atoms with Gasteiger partial charge in [-0.3, -0.25) is 4.79 Å². The largest absolute Gasteiger partial charge is 0.354 e. The molecule has 3 heterocycles. The normalized spacial score (nSPS) is 18.2. The van der Waals surface area contributed by atoms with Crippen LogP contribution in [0.4, 0.5) is 5.13 Å². The molecule has 1 atom stereocenters. The molecule has 6 nitrogen and oxygen atoms in total. The second kappa shape index (κ2) is 6.70. The van der Waals surface area contributed by atoms with Gasteiger partial charge in [0.2, 0.25) is 5.13 Å². The first-order valence-electron chi connectivity index (χ1n) is 8.12. The predicted molar refractivity (Wildman–Crippen MR) is 92.0 cm³/mol. The number of carbonyl (C=O) groups excluding carboxylic acids is 1. The first kappa shape index (κ1) is 16.0. The summed E-state index contributed by atoms with van der Waals surface area (Å²) in [5.74, 6) is 0.859. The summed E-state index contributed by atoms with van der Waals surface area (Å²) in [7, 11) is 3.62. The van der Waals surface area contributed by atoms with Crippen LogP contribution in [0.3, 0.4) is 0 Å². The number of carbonyl (C=O) groups is 1. The van der Waals surface area contributed by atoms with Crippen molar-refractivity contribution in [2.24, 2.45) is 7.05 Å². The Morgan fingerprint density at radius 1 is 1.43 bits per heavy atom. The lowest BCUT2D eigenvalue weighted by molar-refractivity contribution is 0.0954. The van der Waals surface area contributed by atoms with Gasteiger partial charge >= 0.3 is 0 Å². The van der Waals surface area contributed by atoms with Gasteiger partial charge in [0.05, 0.1) is 6.04 Å². The number of nitrogens with zero attached hydrogens (tertiary/aromatic N) is 4. The molecule has 0 unspecified atom stereocenters. The maximum absolute atomic E-state index is 12.0. The predicted octanol–water partition coefficient (Wildman–Crippen LogP) is 2.53. The maximum Gasteiger partial charge on any atom is 0.267 e. The van der Waals surface area contributed by atoms with Gasteiger partial charge in [0.25, 0.3) is 5.91 Å². The summed E-state index contributed by atoms with van der Waals surface area (Å²) in [6, 6.07) is 4.22. The quantitative estimate of drug-likeness (QED) is 0.934. The Balaban J connectivity index is 1.92. The summed E-state index contributed by atoms with van der Waals surface area (Å²) in [4.78, 5) is 19.0. The Morgan fingerprint density at radius 3 is 2.96 bits per heavy atom. The van der Waals surface area contributed by atoms with Crippen LogP contribution >= 0.6 is 11.5 Å². The highest BCUT2D eigenvalue weighted by Gasteiger charge is 2.29. The molecule has 1 aliphatic rings. The van der Waals surface area contributed by atoms with Crippen LogP contribution in [0, 0.1) is 0 Å². The summed E-state index contributed by atoms with van der Waals surface area (Å²) in [5.41, 5.74) is 1.86. The zero-order valence-corrected chi connectivity index (χ0v) is 14.7. The number of hydrogen-bond acceptors (Lipinski definition) is 5. The summed E-state index contributed by atoms with van der Waals surface area (Å²) < 4.78 is 6.43. The third-order valence-electron chi connectivity index (χ3n) is 4.48. The van der Waals surface area contributed by atoms with E-state index in [0.717, 1.165) is 36.0 Å². The standard InChI is InChI=1S/C16H23N5OS/c1-4-14-18-16(23-19-14)21-10-6-5-7-12(21)11-8-9-13(20(11)3)15(22)17-2/h8-9,12H,4-7,10H2,1-3H3,(H,17,22)/t12-/m0/s1. The van der Waals surface area contributed by atoms with E-state index in [0.29, 0.717) is 5.69 Å². The van der Waals surface area contributed by atoms with E-state index in [1.54, 1.807) is 7.05 Å². The van der Waals surface area contributed by atoms with Crippen LogP contribution in [-0.4, -0.2) is 33.4 Å². The summed E-state index contributed by atoms with van der Waals surface area (Å²) in [5, 5.41) is 3.69. The third-order valence-corrected chi connectivity index (χ3v) is 5.27. The van der Waals surface area contributed by atoms with E-state index in [-0.39, 0.29) is 11.9 Å². The molecule has 0 saturated carbocycles. The molecule has 3 rings (SSSR count). The molecule has 1 saturated heterocycles. The Morgan fingerprint density at radius 2 is 2.26 bits per heavy atom. The fourth-order valence-electron chi connectivity index (χ4n) is 3.19. The minimum atomic E-state index is -0.0507. The Kier molecular flexibility index (Phi) is 4.66. The Labute approximate surface area is 140 Å². The molecule has 0 aliphatic carbocycles. The van der Waals surface area contributed by atoms with Crippen LogP contribution in [0.2, 0.25) is 0 Å². The van der Waals surface area contributed by atoms with Gasteiger partial charge in [-0.05, 0) is 31.4 Å². The van der Waals surface area contributed by atoms with Gasteiger partial charge in [-0.15, -0.1) is 0 Å². The summed E-state index contributed by atoms with van der Waals surface area (Å²) >= 11 is 1.48. The van der Waals surface area contributed by atoms with Gasteiger partial charge in [0.1, 0.15) is 11.5 Å². The number of piperidine rings is 1. The van der Waals surface area contributed by atoms with Crippen molar-refractivity contribution in [1.29, 1.82) is 0 Å². The molecule has 124 valence electrons. The van der Waals surface area contributed by atoms with Gasteiger partial charge in [-0.25, -0.2) is 4.98 Å². The van der Waals surface area contributed by atoms with Crippen LogP contribution in [-0.2, 0) is 13.5 Å². The van der Waals surface area contributed by atoms with Crippen molar-refractivity contribution in [3.05, 3.63) is 29.3 Å². The molecule has 23 heavy (non-hydrogen) atoms. The van der Waals surface area contributed by atoms with Crippen molar-refractivity contribution in [1.82, 2.24) is 19.2 Å². The van der Waals surface area contributed by atoms with Crippen molar-refractivity contribution in [3.8, 4) is 0 Å². The first-order chi connectivity index (χ1) is 11.2. The van der Waals surface area contributed by atoms with Gasteiger partial charge in [-0.2, -0.15) is 4.37 Å². The SMILES string of the molecule is CCc1nsc(N2CCCC[C@H]2c2ccc(C(=O)NC)n2C)n1. The van der Waals surface area contributed by atoms with E-state index >= 15 is 0 Å². The second-order valence-electron chi connectivity index (χ2n) is 5.83. The number of hydrogen-bond donors (Lipinski definition) is 1. The first-order valence-corrected chi connectivity index (χ1v) is 8.90. The van der Waals surface area contributed by atoms with E-state index in [1.807, 2.05) is 17.7 Å². The van der Waals surface area contributed by atoms with Crippen molar-refractivity contribution in [2.45, 2.75) is 38.6 Å². The summed E-state index contributed by atoms with van der Waals surface area (Å²) in [6.07, 6.45) is 4.30. The molecule has 1 amide bonds. The Hall–Kier alpha value is -1.89. The smallest absolute Gasteiger partial charge is 0.267 e. The molecule has 0 spiro atoms. The lowest BCUT2D eigenvalue weighted by Crippen LogP contribution is -2.34. The Bertz CT molecular complexity index is 692. The highest BCUT2D eigenvalue weighted by Crippen LogP contribution is 2.36. The number of amides is 1. The summed E-state index contributed by atoms with van der Waals surface area (Å²) in [6.45, 7) is 3.07. The van der Waals surface area contributed by atoms with Gasteiger partial charge in [-0.1, -0.05) is 6.92 Å². The van der Waals surface area contributed by atoms with Crippen LogP contribution in [0.5, 0.6) is 0 Å². The zero-order valence-electron chi connectivity index (χ0n) is 13.9. The second-order valence-corrected chi connectivity index (χ2v) is 6.56. The molecular formula is C16H23N5OS. The maximum atomic E-state index is 12.0. The van der Waals surface area contributed by atoms with Gasteiger partial charge in [0, 0.05) is 44.3 Å². The minimum absolute atomic E-state index is 0.0507. The third kappa shape index (κ3) is 2.97. The topological polar surface area (TPSA) is 63.1 Å². The van der Waals surface area contributed by atoms with Crippen LogP contribution in [0.15, 0.2) is 12.1 Å². The lowest BCUT2D eigenvalue weighted by Gasteiger charge is -2.35. The molecule has 7 heteroatoms. The van der Waals surface area contributed by atoms with E-state index in [1.165, 1.54) is 24.4 Å².